The van der Waals surface area contributed by atoms with E-state index in [0.717, 1.165) is 5.82 Å². The molecule has 0 bridgehead atoms. The number of aryl methyl sites for hydroxylation is 2. The fourth-order valence-electron chi connectivity index (χ4n) is 1.66. The van der Waals surface area contributed by atoms with Crippen molar-refractivity contribution in [3.8, 4) is 0 Å². The van der Waals surface area contributed by atoms with Gasteiger partial charge in [0.15, 0.2) is 0 Å². The minimum atomic E-state index is -1.36. The van der Waals surface area contributed by atoms with E-state index in [4.69, 9.17) is 5.11 Å². The highest BCUT2D eigenvalue weighted by molar-refractivity contribution is 7.86. The Balaban J connectivity index is 2.60. The van der Waals surface area contributed by atoms with E-state index in [1.165, 1.54) is 0 Å². The average Bonchev–Trinajstić information content (AvgIpc) is 2.59. The van der Waals surface area contributed by atoms with Gasteiger partial charge in [0.05, 0.1) is 0 Å². The monoisotopic (exact) mass is 258 g/mol. The second-order valence-electron chi connectivity index (χ2n) is 4.26. The zero-order chi connectivity index (χ0) is 13.0. The first-order valence-corrected chi connectivity index (χ1v) is 6.89. The first-order valence-electron chi connectivity index (χ1n) is 5.51. The zero-order valence-corrected chi connectivity index (χ0v) is 11.1. The van der Waals surface area contributed by atoms with E-state index < -0.39 is 22.0 Å². The first-order chi connectivity index (χ1) is 7.93. The molecule has 1 N–H and O–H groups in total. The van der Waals surface area contributed by atoms with Gasteiger partial charge in [0, 0.05) is 35.5 Å². The zero-order valence-electron chi connectivity index (χ0n) is 10.3. The quantitative estimate of drug-likeness (QED) is 0.827. The second kappa shape index (κ2) is 5.95. The van der Waals surface area contributed by atoms with Gasteiger partial charge in [-0.15, -0.1) is 0 Å². The summed E-state index contributed by atoms with van der Waals surface area (Å²) in [5.74, 6) is 0.0723. The summed E-state index contributed by atoms with van der Waals surface area (Å²) in [6, 6.07) is 0. The van der Waals surface area contributed by atoms with E-state index in [1.54, 1.807) is 26.2 Å². The highest BCUT2D eigenvalue weighted by Gasteiger charge is 2.27. The minimum absolute atomic E-state index is 0.128. The molecule has 1 aromatic heterocycles. The number of carboxylic acids is 1. The molecule has 0 aliphatic carbocycles. The third kappa shape index (κ3) is 3.66. The third-order valence-corrected chi connectivity index (χ3v) is 4.49. The van der Waals surface area contributed by atoms with Crippen molar-refractivity contribution in [3.05, 3.63) is 18.2 Å². The summed E-state index contributed by atoms with van der Waals surface area (Å²) in [6.07, 6.45) is 3.48. The third-order valence-electron chi connectivity index (χ3n) is 2.59. The maximum atomic E-state index is 11.9. The molecule has 1 rings (SSSR count). The van der Waals surface area contributed by atoms with Gasteiger partial charge in [-0.3, -0.25) is 9.00 Å². The van der Waals surface area contributed by atoms with Gasteiger partial charge in [-0.2, -0.15) is 0 Å². The number of hydrogen-bond donors (Lipinski definition) is 1. The molecule has 0 aromatic carbocycles. The van der Waals surface area contributed by atoms with Crippen molar-refractivity contribution in [3.63, 3.8) is 0 Å². The molecule has 0 aliphatic rings. The van der Waals surface area contributed by atoms with Crippen molar-refractivity contribution in [1.82, 2.24) is 9.55 Å². The van der Waals surface area contributed by atoms with Crippen LogP contribution in [0.4, 0.5) is 0 Å². The van der Waals surface area contributed by atoms with Gasteiger partial charge in [0.25, 0.3) is 0 Å². The molecular weight excluding hydrogens is 240 g/mol. The number of aliphatic carboxylic acids is 1. The molecule has 0 saturated heterocycles. The van der Waals surface area contributed by atoms with E-state index in [2.05, 4.69) is 4.98 Å². The van der Waals surface area contributed by atoms with E-state index in [1.807, 2.05) is 11.5 Å². The Morgan fingerprint density at radius 2 is 2.24 bits per heavy atom. The normalized spacial score (nSPS) is 14.8. The Kier molecular flexibility index (Phi) is 4.86. The number of rotatable bonds is 6. The lowest BCUT2D eigenvalue weighted by Gasteiger charge is -2.16. The average molecular weight is 258 g/mol. The molecule has 0 radical (unpaired) electrons. The molecule has 0 spiro atoms. The summed E-state index contributed by atoms with van der Waals surface area (Å²) < 4.78 is 13.8. The minimum Gasteiger partial charge on any atom is -0.480 e. The Bertz CT molecular complexity index is 415. The molecule has 0 amide bonds. The summed E-state index contributed by atoms with van der Waals surface area (Å²) in [5.41, 5.74) is 0. The van der Waals surface area contributed by atoms with Crippen LogP contribution in [0.5, 0.6) is 0 Å². The topological polar surface area (TPSA) is 72.2 Å². The van der Waals surface area contributed by atoms with Crippen molar-refractivity contribution >= 4 is 16.8 Å². The predicted octanol–water partition coefficient (Wildman–Crippen LogP) is 1.05. The van der Waals surface area contributed by atoms with Gasteiger partial charge in [0.1, 0.15) is 11.1 Å². The molecule has 17 heavy (non-hydrogen) atoms. The second-order valence-corrected chi connectivity index (χ2v) is 5.93. The van der Waals surface area contributed by atoms with Crippen LogP contribution in [0.1, 0.15) is 19.7 Å². The number of hydrogen-bond acceptors (Lipinski definition) is 3. The molecule has 0 fully saturated rings. The van der Waals surface area contributed by atoms with Crippen molar-refractivity contribution in [1.29, 1.82) is 0 Å². The molecule has 5 nitrogen and oxygen atoms in total. The fraction of sp³-hybridized carbons (Fsp3) is 0.636. The molecule has 2 atom stereocenters. The van der Waals surface area contributed by atoms with Crippen molar-refractivity contribution in [2.75, 3.05) is 5.75 Å². The maximum absolute atomic E-state index is 11.9. The van der Waals surface area contributed by atoms with Crippen LogP contribution in [-0.2, 0) is 22.1 Å². The van der Waals surface area contributed by atoms with E-state index in [9.17, 15) is 9.00 Å². The van der Waals surface area contributed by atoms with Crippen LogP contribution in [0.2, 0.25) is 0 Å². The summed E-state index contributed by atoms with van der Waals surface area (Å²) >= 11 is 0. The van der Waals surface area contributed by atoms with E-state index in [-0.39, 0.29) is 5.92 Å². The van der Waals surface area contributed by atoms with Gasteiger partial charge in [-0.25, -0.2) is 4.98 Å². The maximum Gasteiger partial charge on any atom is 0.319 e. The van der Waals surface area contributed by atoms with Crippen LogP contribution in [0.15, 0.2) is 12.4 Å². The Morgan fingerprint density at radius 1 is 1.59 bits per heavy atom. The number of carbonyl (C=O) groups is 1. The van der Waals surface area contributed by atoms with Crippen LogP contribution >= 0.6 is 0 Å². The van der Waals surface area contributed by atoms with Crippen LogP contribution in [0.3, 0.4) is 0 Å². The summed E-state index contributed by atoms with van der Waals surface area (Å²) in [4.78, 5) is 15.1. The first kappa shape index (κ1) is 13.9. The smallest absolute Gasteiger partial charge is 0.319 e. The predicted molar refractivity (Wildman–Crippen MR) is 66.2 cm³/mol. The van der Waals surface area contributed by atoms with Crippen LogP contribution in [-0.4, -0.2) is 35.8 Å². The van der Waals surface area contributed by atoms with Gasteiger partial charge >= 0.3 is 5.97 Å². The lowest BCUT2D eigenvalue weighted by atomic mass is 10.1. The van der Waals surface area contributed by atoms with Crippen molar-refractivity contribution in [2.45, 2.75) is 32.6 Å². The molecule has 0 saturated carbocycles. The molecule has 1 aromatic rings. The lowest BCUT2D eigenvalue weighted by molar-refractivity contribution is -0.137. The van der Waals surface area contributed by atoms with Gasteiger partial charge in [-0.05, 0) is 12.8 Å². The summed E-state index contributed by atoms with van der Waals surface area (Å²) in [6.45, 7) is 5.95. The summed E-state index contributed by atoms with van der Waals surface area (Å²) in [5, 5.41) is 8.22. The summed E-state index contributed by atoms with van der Waals surface area (Å²) in [7, 11) is -1.36. The standard InChI is InChI=1S/C11H18N2O3S/c1-8(2)10(11(14)15)17(16)7-6-13-5-4-12-9(13)3/h4-5,8,10H,6-7H2,1-3H3,(H,14,15). The molecular formula is C11H18N2O3S. The van der Waals surface area contributed by atoms with E-state index >= 15 is 0 Å². The number of imidazole rings is 1. The molecule has 96 valence electrons. The van der Waals surface area contributed by atoms with Crippen LogP contribution in [0.25, 0.3) is 0 Å². The Labute approximate surface area is 103 Å². The van der Waals surface area contributed by atoms with Crippen LogP contribution in [0, 0.1) is 12.8 Å². The Morgan fingerprint density at radius 3 is 2.65 bits per heavy atom. The highest BCUT2D eigenvalue weighted by Crippen LogP contribution is 2.11. The molecule has 2 unspecified atom stereocenters. The molecule has 6 heteroatoms. The molecule has 1 heterocycles. The van der Waals surface area contributed by atoms with Crippen molar-refractivity contribution < 1.29 is 14.1 Å². The van der Waals surface area contributed by atoms with Crippen LogP contribution < -0.4 is 0 Å². The highest BCUT2D eigenvalue weighted by atomic mass is 32.2. The van der Waals surface area contributed by atoms with Crippen molar-refractivity contribution in [2.24, 2.45) is 5.92 Å². The SMILES string of the molecule is Cc1nccn1CCS(=O)C(C(=O)O)C(C)C. The fourth-order valence-corrected chi connectivity index (χ4v) is 3.12. The van der Waals surface area contributed by atoms with Gasteiger partial charge in [0.2, 0.25) is 0 Å². The lowest BCUT2D eigenvalue weighted by Crippen LogP contribution is -2.33. The molecule has 0 aliphatic heterocycles. The van der Waals surface area contributed by atoms with Gasteiger partial charge in [-0.1, -0.05) is 13.8 Å². The van der Waals surface area contributed by atoms with Gasteiger partial charge < -0.3 is 9.67 Å². The largest absolute Gasteiger partial charge is 0.480 e. The number of aromatic nitrogens is 2. The van der Waals surface area contributed by atoms with E-state index in [0.29, 0.717) is 12.3 Å². The number of carboxylic acid groups (broad SMARTS) is 1. The Hall–Kier alpha value is -1.17. The number of nitrogens with zero attached hydrogens (tertiary/aromatic N) is 2.